The Hall–Kier alpha value is -2.93. The zero-order chi connectivity index (χ0) is 17.4. The largest absolute Gasteiger partial charge is 0.481 e. The zero-order valence-electron chi connectivity index (χ0n) is 12.1. The highest BCUT2D eigenvalue weighted by Crippen LogP contribution is 2.34. The number of carboxylic acids is 2. The summed E-state index contributed by atoms with van der Waals surface area (Å²) in [7, 11) is 0. The van der Waals surface area contributed by atoms with E-state index in [0.29, 0.717) is 0 Å². The average molecular weight is 342 g/mol. The lowest BCUT2D eigenvalue weighted by atomic mass is 9.82. The molecule has 0 amide bonds. The van der Waals surface area contributed by atoms with Crippen molar-refractivity contribution >= 4 is 35.3 Å². The van der Waals surface area contributed by atoms with Crippen molar-refractivity contribution in [2.24, 2.45) is 0 Å². The van der Waals surface area contributed by atoms with Crippen molar-refractivity contribution in [3.63, 3.8) is 0 Å². The van der Waals surface area contributed by atoms with E-state index in [1.165, 1.54) is 24.3 Å². The maximum Gasteiger partial charge on any atom is 0.337 e. The summed E-state index contributed by atoms with van der Waals surface area (Å²) < 4.78 is 0. The average Bonchev–Trinajstić information content (AvgIpc) is 2.56. The summed E-state index contributed by atoms with van der Waals surface area (Å²) in [4.78, 5) is 47.8. The number of hydrogen-bond donors (Lipinski definition) is 2. The topological polar surface area (TPSA) is 109 Å². The predicted molar refractivity (Wildman–Crippen MR) is 85.1 cm³/mol. The van der Waals surface area contributed by atoms with Gasteiger partial charge in [-0.3, -0.25) is 14.4 Å². The number of benzene rings is 2. The van der Waals surface area contributed by atoms with Gasteiger partial charge in [-0.2, -0.15) is 0 Å². The van der Waals surface area contributed by atoms with E-state index >= 15 is 0 Å². The summed E-state index contributed by atoms with van der Waals surface area (Å²) in [5, 5.41) is 18.3. The van der Waals surface area contributed by atoms with E-state index in [1.807, 2.05) is 0 Å². The fourth-order valence-corrected chi connectivity index (χ4v) is 3.42. The Kier molecular flexibility index (Phi) is 3.94. The van der Waals surface area contributed by atoms with Gasteiger partial charge in [0.2, 0.25) is 0 Å². The standard InChI is InChI=1S/C17H10O6S/c18-12(19)7-24-11-6-5-10-13(14(11)17(22)23)16(21)9-4-2-1-3-8(9)15(10)20/h1-6H,7H2,(H,18,19)(H,22,23). The molecule has 0 saturated heterocycles. The second-order valence-corrected chi connectivity index (χ2v) is 6.07. The smallest absolute Gasteiger partial charge is 0.337 e. The van der Waals surface area contributed by atoms with Gasteiger partial charge in [-0.1, -0.05) is 24.3 Å². The molecule has 2 aromatic rings. The first-order valence-electron chi connectivity index (χ1n) is 6.85. The van der Waals surface area contributed by atoms with Gasteiger partial charge in [-0.25, -0.2) is 4.79 Å². The normalized spacial score (nSPS) is 12.5. The second kappa shape index (κ2) is 5.93. The van der Waals surface area contributed by atoms with Crippen LogP contribution in [0.1, 0.15) is 42.2 Å². The molecule has 0 saturated carbocycles. The van der Waals surface area contributed by atoms with E-state index < -0.39 is 23.5 Å². The number of carboxylic acid groups (broad SMARTS) is 2. The second-order valence-electron chi connectivity index (χ2n) is 5.05. The van der Waals surface area contributed by atoms with Gasteiger partial charge in [0.05, 0.1) is 11.3 Å². The van der Waals surface area contributed by atoms with Crippen molar-refractivity contribution in [2.75, 3.05) is 5.75 Å². The van der Waals surface area contributed by atoms with Gasteiger partial charge in [0.15, 0.2) is 11.6 Å². The van der Waals surface area contributed by atoms with E-state index in [-0.39, 0.29) is 38.5 Å². The van der Waals surface area contributed by atoms with Crippen LogP contribution in [-0.2, 0) is 4.79 Å². The Morgan fingerprint density at radius 1 is 0.875 bits per heavy atom. The Bertz CT molecular complexity index is 915. The highest BCUT2D eigenvalue weighted by Gasteiger charge is 2.34. The molecule has 0 heterocycles. The molecule has 1 aliphatic rings. The van der Waals surface area contributed by atoms with E-state index in [2.05, 4.69) is 0 Å². The molecule has 0 atom stereocenters. The van der Waals surface area contributed by atoms with Crippen LogP contribution in [0.2, 0.25) is 0 Å². The SMILES string of the molecule is O=C(O)CSc1ccc2c(c1C(=O)O)C(=O)c1ccccc1C2=O. The Labute approximate surface area is 140 Å². The molecule has 3 rings (SSSR count). The summed E-state index contributed by atoms with van der Waals surface area (Å²) in [5.74, 6) is -3.80. The van der Waals surface area contributed by atoms with Crippen LogP contribution in [0.4, 0.5) is 0 Å². The monoisotopic (exact) mass is 342 g/mol. The lowest BCUT2D eigenvalue weighted by Gasteiger charge is -2.20. The van der Waals surface area contributed by atoms with Crippen LogP contribution in [-0.4, -0.2) is 39.5 Å². The molecule has 120 valence electrons. The van der Waals surface area contributed by atoms with Crippen molar-refractivity contribution in [2.45, 2.75) is 4.90 Å². The highest BCUT2D eigenvalue weighted by molar-refractivity contribution is 8.00. The van der Waals surface area contributed by atoms with E-state index in [4.69, 9.17) is 5.11 Å². The third-order valence-corrected chi connectivity index (χ3v) is 4.66. The molecular formula is C17H10O6S. The fourth-order valence-electron chi connectivity index (χ4n) is 2.64. The fraction of sp³-hybridized carbons (Fsp3) is 0.0588. The number of fused-ring (bicyclic) bond motifs is 2. The molecule has 2 N–H and O–H groups in total. The van der Waals surface area contributed by atoms with Gasteiger partial charge < -0.3 is 10.2 Å². The van der Waals surface area contributed by atoms with Crippen molar-refractivity contribution in [1.29, 1.82) is 0 Å². The molecule has 0 bridgehead atoms. The predicted octanol–water partition coefficient (Wildman–Crippen LogP) is 2.34. The molecule has 6 nitrogen and oxygen atoms in total. The number of ketones is 2. The van der Waals surface area contributed by atoms with Crippen molar-refractivity contribution in [1.82, 2.24) is 0 Å². The first-order chi connectivity index (χ1) is 11.4. The zero-order valence-corrected chi connectivity index (χ0v) is 12.9. The molecule has 0 fully saturated rings. The molecule has 2 aromatic carbocycles. The first-order valence-corrected chi connectivity index (χ1v) is 7.83. The number of aromatic carboxylic acids is 1. The molecule has 0 aliphatic heterocycles. The minimum Gasteiger partial charge on any atom is -0.481 e. The molecular weight excluding hydrogens is 332 g/mol. The lowest BCUT2D eigenvalue weighted by molar-refractivity contribution is -0.133. The van der Waals surface area contributed by atoms with Crippen molar-refractivity contribution in [3.05, 3.63) is 64.2 Å². The van der Waals surface area contributed by atoms with Crippen LogP contribution in [0.15, 0.2) is 41.3 Å². The maximum absolute atomic E-state index is 12.7. The van der Waals surface area contributed by atoms with Gasteiger partial charge in [0.1, 0.15) is 0 Å². The third kappa shape index (κ3) is 2.48. The van der Waals surface area contributed by atoms with Crippen LogP contribution in [0.25, 0.3) is 0 Å². The molecule has 1 aliphatic carbocycles. The van der Waals surface area contributed by atoms with Gasteiger partial charge in [0.25, 0.3) is 0 Å². The number of hydrogen-bond acceptors (Lipinski definition) is 5. The quantitative estimate of drug-likeness (QED) is 0.700. The van der Waals surface area contributed by atoms with Crippen LogP contribution >= 0.6 is 11.8 Å². The Balaban J connectivity index is 2.23. The molecule has 0 spiro atoms. The molecule has 0 unspecified atom stereocenters. The molecule has 0 aromatic heterocycles. The number of carbonyl (C=O) groups is 4. The van der Waals surface area contributed by atoms with Gasteiger partial charge in [-0.15, -0.1) is 11.8 Å². The number of rotatable bonds is 4. The third-order valence-electron chi connectivity index (χ3n) is 3.62. The summed E-state index contributed by atoms with van der Waals surface area (Å²) in [5.41, 5.74) is -0.0980. The number of thioether (sulfide) groups is 1. The van der Waals surface area contributed by atoms with Crippen molar-refractivity contribution in [3.8, 4) is 0 Å². The minimum atomic E-state index is -1.37. The summed E-state index contributed by atoms with van der Waals surface area (Å²) in [6, 6.07) is 8.97. The van der Waals surface area contributed by atoms with E-state index in [9.17, 15) is 24.3 Å². The van der Waals surface area contributed by atoms with Crippen LogP contribution in [0.5, 0.6) is 0 Å². The molecule has 7 heteroatoms. The minimum absolute atomic E-state index is 0.0239. The lowest BCUT2D eigenvalue weighted by Crippen LogP contribution is -2.24. The number of aliphatic carboxylic acids is 1. The molecule has 0 radical (unpaired) electrons. The summed E-state index contributed by atoms with van der Waals surface area (Å²) in [6.07, 6.45) is 0. The van der Waals surface area contributed by atoms with Crippen LogP contribution in [0.3, 0.4) is 0 Å². The Morgan fingerprint density at radius 2 is 1.50 bits per heavy atom. The molecule has 24 heavy (non-hydrogen) atoms. The highest BCUT2D eigenvalue weighted by atomic mass is 32.2. The summed E-state index contributed by atoms with van der Waals surface area (Å²) >= 11 is 0.797. The number of carbonyl (C=O) groups excluding carboxylic acids is 2. The first kappa shape index (κ1) is 15.9. The van der Waals surface area contributed by atoms with E-state index in [1.54, 1.807) is 12.1 Å². The van der Waals surface area contributed by atoms with Gasteiger partial charge in [-0.05, 0) is 12.1 Å². The van der Waals surface area contributed by atoms with Gasteiger partial charge >= 0.3 is 11.9 Å². The maximum atomic E-state index is 12.7. The van der Waals surface area contributed by atoms with Crippen LogP contribution < -0.4 is 0 Å². The summed E-state index contributed by atoms with van der Waals surface area (Å²) in [6.45, 7) is 0. The van der Waals surface area contributed by atoms with Gasteiger partial charge in [0, 0.05) is 27.1 Å². The van der Waals surface area contributed by atoms with Crippen molar-refractivity contribution < 1.29 is 29.4 Å². The van der Waals surface area contributed by atoms with Crippen LogP contribution in [0, 0.1) is 0 Å². The van der Waals surface area contributed by atoms with E-state index in [0.717, 1.165) is 11.8 Å². The Morgan fingerprint density at radius 3 is 2.08 bits per heavy atom.